The number of aromatic nitrogens is 1. The van der Waals surface area contributed by atoms with Gasteiger partial charge in [-0.1, -0.05) is 0 Å². The van der Waals surface area contributed by atoms with Crippen molar-refractivity contribution in [3.05, 3.63) is 39.9 Å². The Kier molecular flexibility index (Phi) is 3.75. The second-order valence-electron chi connectivity index (χ2n) is 4.49. The highest BCUT2D eigenvalue weighted by atomic mass is 19.1. The number of rotatable bonds is 3. The number of carbonyl (C=O) groups excluding carboxylic acids is 1. The van der Waals surface area contributed by atoms with Crippen LogP contribution in [0.2, 0.25) is 0 Å². The van der Waals surface area contributed by atoms with Crippen LogP contribution in [0.1, 0.15) is 24.2 Å². The van der Waals surface area contributed by atoms with Crippen LogP contribution in [0.5, 0.6) is 0 Å². The van der Waals surface area contributed by atoms with E-state index in [1.807, 2.05) is 0 Å². The lowest BCUT2D eigenvalue weighted by Gasteiger charge is -2.12. The predicted octanol–water partition coefficient (Wildman–Crippen LogP) is 1.82. The summed E-state index contributed by atoms with van der Waals surface area (Å²) in [7, 11) is 0. The molecule has 0 bridgehead atoms. The summed E-state index contributed by atoms with van der Waals surface area (Å²) in [4.78, 5) is 34.2. The average molecular weight is 292 g/mol. The molecule has 0 fully saturated rings. The number of halogens is 1. The number of aromatic carboxylic acids is 1. The molecule has 6 nitrogen and oxygen atoms in total. The van der Waals surface area contributed by atoms with Crippen LogP contribution < -0.4 is 10.7 Å². The monoisotopic (exact) mass is 292 g/mol. The quantitative estimate of drug-likeness (QED) is 0.903. The van der Waals surface area contributed by atoms with E-state index in [1.54, 1.807) is 6.92 Å². The average Bonchev–Trinajstić information content (AvgIpc) is 2.40. The van der Waals surface area contributed by atoms with Crippen molar-refractivity contribution in [3.8, 4) is 0 Å². The third-order valence-electron chi connectivity index (χ3n) is 3.05. The Balaban J connectivity index is 2.85. The fourth-order valence-corrected chi connectivity index (χ4v) is 2.11. The molecule has 0 saturated heterocycles. The Morgan fingerprint density at radius 1 is 1.38 bits per heavy atom. The van der Waals surface area contributed by atoms with E-state index < -0.39 is 28.7 Å². The molecule has 0 aliphatic heterocycles. The number of carboxylic acid groups (broad SMARTS) is 1. The Labute approximate surface area is 118 Å². The summed E-state index contributed by atoms with van der Waals surface area (Å²) in [6.07, 6.45) is 1.21. The van der Waals surface area contributed by atoms with Crippen molar-refractivity contribution in [3.63, 3.8) is 0 Å². The summed E-state index contributed by atoms with van der Waals surface area (Å²) in [6, 6.07) is 2.27. The molecule has 21 heavy (non-hydrogen) atoms. The van der Waals surface area contributed by atoms with Crippen LogP contribution in [0.4, 0.5) is 10.1 Å². The summed E-state index contributed by atoms with van der Waals surface area (Å²) in [5, 5.41) is 11.3. The van der Waals surface area contributed by atoms with Gasteiger partial charge in [0.2, 0.25) is 11.3 Å². The van der Waals surface area contributed by atoms with Gasteiger partial charge >= 0.3 is 5.97 Å². The number of carboxylic acids is 1. The first kappa shape index (κ1) is 14.7. The first-order chi connectivity index (χ1) is 9.85. The zero-order valence-corrected chi connectivity index (χ0v) is 11.4. The summed E-state index contributed by atoms with van der Waals surface area (Å²) < 4.78 is 15.4. The predicted molar refractivity (Wildman–Crippen MR) is 75.1 cm³/mol. The Bertz CT molecular complexity index is 811. The van der Waals surface area contributed by atoms with Gasteiger partial charge in [-0.25, -0.2) is 9.18 Å². The van der Waals surface area contributed by atoms with Crippen LogP contribution in [0.15, 0.2) is 23.1 Å². The molecule has 0 aliphatic rings. The van der Waals surface area contributed by atoms with Crippen LogP contribution >= 0.6 is 0 Å². The number of fused-ring (bicyclic) bond motifs is 1. The molecule has 0 spiro atoms. The van der Waals surface area contributed by atoms with E-state index in [4.69, 9.17) is 5.11 Å². The molecule has 110 valence electrons. The molecule has 2 rings (SSSR count). The standard InChI is InChI=1S/C14H13FN2O4/c1-3-17-6-9(14(20)21)13(19)8-4-10(15)11(5-12(8)17)16-7(2)18/h4-6H,3H2,1-2H3,(H,16,18)(H,20,21). The number of carbonyl (C=O) groups is 2. The van der Waals surface area contributed by atoms with Crippen molar-refractivity contribution in [2.24, 2.45) is 0 Å². The largest absolute Gasteiger partial charge is 0.477 e. The van der Waals surface area contributed by atoms with E-state index in [-0.39, 0.29) is 11.1 Å². The van der Waals surface area contributed by atoms with Gasteiger partial charge in [0.15, 0.2) is 0 Å². The molecule has 2 N–H and O–H groups in total. The second-order valence-corrected chi connectivity index (χ2v) is 4.49. The van der Waals surface area contributed by atoms with Gasteiger partial charge in [0.25, 0.3) is 0 Å². The summed E-state index contributed by atoms with van der Waals surface area (Å²) in [6.45, 7) is 3.39. The Morgan fingerprint density at radius 2 is 2.05 bits per heavy atom. The lowest BCUT2D eigenvalue weighted by Crippen LogP contribution is -2.19. The minimum absolute atomic E-state index is 0.0386. The molecule has 2 aromatic rings. The molecular weight excluding hydrogens is 279 g/mol. The first-order valence-corrected chi connectivity index (χ1v) is 6.22. The van der Waals surface area contributed by atoms with Crippen molar-refractivity contribution >= 4 is 28.5 Å². The van der Waals surface area contributed by atoms with Gasteiger partial charge in [-0.3, -0.25) is 9.59 Å². The third kappa shape index (κ3) is 2.62. The Hall–Kier alpha value is -2.70. The van der Waals surface area contributed by atoms with Crippen LogP contribution in [-0.2, 0) is 11.3 Å². The van der Waals surface area contributed by atoms with E-state index in [9.17, 15) is 18.8 Å². The van der Waals surface area contributed by atoms with E-state index in [1.165, 1.54) is 23.8 Å². The van der Waals surface area contributed by atoms with Crippen LogP contribution in [0.25, 0.3) is 10.9 Å². The van der Waals surface area contributed by atoms with Crippen LogP contribution in [0.3, 0.4) is 0 Å². The molecule has 0 unspecified atom stereocenters. The SMILES string of the molecule is CCn1cc(C(=O)O)c(=O)c2cc(F)c(NC(C)=O)cc21. The normalized spacial score (nSPS) is 10.6. The molecule has 7 heteroatoms. The molecule has 1 aromatic carbocycles. The third-order valence-corrected chi connectivity index (χ3v) is 3.05. The highest BCUT2D eigenvalue weighted by Gasteiger charge is 2.16. The van der Waals surface area contributed by atoms with Gasteiger partial charge in [0.1, 0.15) is 11.4 Å². The molecular formula is C14H13FN2O4. The highest BCUT2D eigenvalue weighted by molar-refractivity contribution is 5.95. The maximum atomic E-state index is 13.9. The zero-order valence-electron chi connectivity index (χ0n) is 11.4. The number of nitrogens with one attached hydrogen (secondary N) is 1. The molecule has 0 aliphatic carbocycles. The smallest absolute Gasteiger partial charge is 0.341 e. The summed E-state index contributed by atoms with van der Waals surface area (Å²) in [5.41, 5.74) is -0.871. The molecule has 0 saturated carbocycles. The topological polar surface area (TPSA) is 88.4 Å². The van der Waals surface area contributed by atoms with Gasteiger partial charge in [-0.05, 0) is 19.1 Å². The lowest BCUT2D eigenvalue weighted by atomic mass is 10.1. The fraction of sp³-hybridized carbons (Fsp3) is 0.214. The summed E-state index contributed by atoms with van der Waals surface area (Å²) in [5.74, 6) is -2.60. The molecule has 1 heterocycles. The van der Waals surface area contributed by atoms with Crippen LogP contribution in [0, 0.1) is 5.82 Å². The Morgan fingerprint density at radius 3 is 2.57 bits per heavy atom. The van der Waals surface area contributed by atoms with Gasteiger partial charge in [0.05, 0.1) is 11.2 Å². The van der Waals surface area contributed by atoms with E-state index in [0.717, 1.165) is 6.07 Å². The van der Waals surface area contributed by atoms with Crippen molar-refractivity contribution in [1.29, 1.82) is 0 Å². The van der Waals surface area contributed by atoms with Crippen LogP contribution in [-0.4, -0.2) is 21.6 Å². The second kappa shape index (κ2) is 5.35. The maximum Gasteiger partial charge on any atom is 0.341 e. The first-order valence-electron chi connectivity index (χ1n) is 6.22. The number of nitrogens with zero attached hydrogens (tertiary/aromatic N) is 1. The van der Waals surface area contributed by atoms with Gasteiger partial charge in [-0.15, -0.1) is 0 Å². The van der Waals surface area contributed by atoms with Crippen molar-refractivity contribution in [2.45, 2.75) is 20.4 Å². The minimum Gasteiger partial charge on any atom is -0.477 e. The fourth-order valence-electron chi connectivity index (χ4n) is 2.11. The molecule has 1 amide bonds. The summed E-state index contributed by atoms with van der Waals surface area (Å²) >= 11 is 0. The van der Waals surface area contributed by atoms with Gasteiger partial charge < -0.3 is 15.0 Å². The number of amides is 1. The van der Waals surface area contributed by atoms with E-state index in [0.29, 0.717) is 12.1 Å². The number of hydrogen-bond acceptors (Lipinski definition) is 3. The minimum atomic E-state index is -1.37. The van der Waals surface area contributed by atoms with Crippen molar-refractivity contribution in [1.82, 2.24) is 4.57 Å². The number of benzene rings is 1. The van der Waals surface area contributed by atoms with Crippen molar-refractivity contribution < 1.29 is 19.1 Å². The molecule has 0 radical (unpaired) electrons. The number of aryl methyl sites for hydroxylation is 1. The number of anilines is 1. The zero-order chi connectivity index (χ0) is 15.7. The van der Waals surface area contributed by atoms with E-state index in [2.05, 4.69) is 5.32 Å². The van der Waals surface area contributed by atoms with Gasteiger partial charge in [-0.2, -0.15) is 0 Å². The maximum absolute atomic E-state index is 13.9. The van der Waals surface area contributed by atoms with Gasteiger partial charge in [0, 0.05) is 25.1 Å². The van der Waals surface area contributed by atoms with E-state index >= 15 is 0 Å². The molecule has 0 atom stereocenters. The highest BCUT2D eigenvalue weighted by Crippen LogP contribution is 2.22. The number of hydrogen-bond donors (Lipinski definition) is 2. The van der Waals surface area contributed by atoms with Crippen molar-refractivity contribution in [2.75, 3.05) is 5.32 Å². The lowest BCUT2D eigenvalue weighted by molar-refractivity contribution is -0.114. The number of pyridine rings is 1. The molecule has 1 aromatic heterocycles.